The average molecular weight is 1280 g/mol. The maximum Gasteiger partial charge on any atom is 0.0562 e. The van der Waals surface area contributed by atoms with Crippen LogP contribution in [-0.4, -0.2) is 9.13 Å². The van der Waals surface area contributed by atoms with E-state index in [0.29, 0.717) is 0 Å². The fourth-order valence-electron chi connectivity index (χ4n) is 16.4. The van der Waals surface area contributed by atoms with Crippen LogP contribution in [0, 0.1) is 0 Å². The van der Waals surface area contributed by atoms with Gasteiger partial charge in [-0.1, -0.05) is 276 Å². The van der Waals surface area contributed by atoms with Crippen LogP contribution in [0.3, 0.4) is 0 Å². The number of anilines is 6. The Balaban J connectivity index is 0.000000145. The summed E-state index contributed by atoms with van der Waals surface area (Å²) in [4.78, 5) is 4.86. The topological polar surface area (TPSA) is 16.3 Å². The van der Waals surface area contributed by atoms with Crippen molar-refractivity contribution in [2.24, 2.45) is 0 Å². The number of nitrogens with zero attached hydrogens (tertiary/aromatic N) is 4. The standard InChI is InChI=1S/C51H38N2.C45H34N2/c1-51(2)45-25-14-12-23-42(45)43-30-29-40(34-46(43)51)53-47-26-15-13-24-44(47)50-48(27-16-28-49(50)53)52(39-21-10-5-11-22-39)41-32-37(35-17-6-3-7-18-35)31-38(33-41)36-19-8-4-9-20-36;1-45(2)39-23-11-9-21-36(39)37-28-27-35(30-40(37)45)47-41-24-12-10-22-38(41)44-42(25-14-26-43(44)47)46(33-18-7-4-8-19-33)34-20-13-17-32(29-34)31-15-5-3-6-16-31/h3-34H,1-2H3;3-30H,1-2H3. The minimum atomic E-state index is -0.0871. The van der Waals surface area contributed by atoms with Gasteiger partial charge in [-0.15, -0.1) is 0 Å². The molecule has 0 N–H and O–H groups in total. The fourth-order valence-corrected chi connectivity index (χ4v) is 16.4. The Morgan fingerprint density at radius 1 is 0.220 bits per heavy atom. The van der Waals surface area contributed by atoms with Crippen LogP contribution in [0.5, 0.6) is 0 Å². The van der Waals surface area contributed by atoms with E-state index in [4.69, 9.17) is 0 Å². The van der Waals surface area contributed by atoms with Gasteiger partial charge in [-0.25, -0.2) is 0 Å². The van der Waals surface area contributed by atoms with E-state index >= 15 is 0 Å². The van der Waals surface area contributed by atoms with Gasteiger partial charge in [0.2, 0.25) is 0 Å². The summed E-state index contributed by atoms with van der Waals surface area (Å²) in [6.07, 6.45) is 0. The van der Waals surface area contributed by atoms with Gasteiger partial charge in [0, 0.05) is 66.5 Å². The zero-order chi connectivity index (χ0) is 67.1. The predicted octanol–water partition coefficient (Wildman–Crippen LogP) is 26.1. The predicted molar refractivity (Wildman–Crippen MR) is 422 cm³/mol. The first-order valence-corrected chi connectivity index (χ1v) is 34.8. The number of hydrogen-bond donors (Lipinski definition) is 0. The average Bonchev–Trinajstić information content (AvgIpc) is 1.56. The molecule has 2 heterocycles. The second-order valence-corrected chi connectivity index (χ2v) is 27.6. The van der Waals surface area contributed by atoms with Gasteiger partial charge in [0.25, 0.3) is 0 Å². The summed E-state index contributed by atoms with van der Waals surface area (Å²) in [5.74, 6) is 0. The Labute approximate surface area is 584 Å². The lowest BCUT2D eigenvalue weighted by Gasteiger charge is -2.28. The highest BCUT2D eigenvalue weighted by molar-refractivity contribution is 6.18. The molecule has 2 aliphatic carbocycles. The van der Waals surface area contributed by atoms with Gasteiger partial charge in [0.1, 0.15) is 0 Å². The van der Waals surface area contributed by atoms with E-state index in [1.54, 1.807) is 0 Å². The second kappa shape index (κ2) is 24.2. The summed E-state index contributed by atoms with van der Waals surface area (Å²) in [6, 6.07) is 133. The van der Waals surface area contributed by atoms with E-state index in [0.717, 1.165) is 34.1 Å². The minimum Gasteiger partial charge on any atom is -0.310 e. The van der Waals surface area contributed by atoms with Gasteiger partial charge in [0.15, 0.2) is 0 Å². The third kappa shape index (κ3) is 9.97. The molecule has 19 rings (SSSR count). The zero-order valence-corrected chi connectivity index (χ0v) is 56.4. The third-order valence-corrected chi connectivity index (χ3v) is 21.1. The lowest BCUT2D eigenvalue weighted by atomic mass is 9.82. The molecule has 4 heteroatoms. The monoisotopic (exact) mass is 1280 g/mol. The highest BCUT2D eigenvalue weighted by atomic mass is 15.2. The molecule has 2 aliphatic rings. The largest absolute Gasteiger partial charge is 0.310 e. The first-order chi connectivity index (χ1) is 49.2. The molecule has 0 unspecified atom stereocenters. The number of rotatable bonds is 11. The second-order valence-electron chi connectivity index (χ2n) is 27.6. The summed E-state index contributed by atoms with van der Waals surface area (Å²) in [5, 5.41) is 4.92. The van der Waals surface area contributed by atoms with E-state index in [1.807, 2.05) is 0 Å². The van der Waals surface area contributed by atoms with Crippen molar-refractivity contribution in [1.82, 2.24) is 9.13 Å². The van der Waals surface area contributed by atoms with Crippen molar-refractivity contribution in [2.45, 2.75) is 38.5 Å². The molecule has 17 aromatic rings. The Bertz CT molecular complexity index is 5910. The smallest absolute Gasteiger partial charge is 0.0562 e. The fraction of sp³-hybridized carbons (Fsp3) is 0.0625. The molecule has 0 bridgehead atoms. The lowest BCUT2D eigenvalue weighted by Crippen LogP contribution is -2.15. The Morgan fingerprint density at radius 2 is 0.550 bits per heavy atom. The molecule has 0 atom stereocenters. The molecule has 0 fully saturated rings. The first-order valence-electron chi connectivity index (χ1n) is 34.8. The van der Waals surface area contributed by atoms with E-state index in [1.165, 1.54) is 133 Å². The number of aromatic nitrogens is 2. The third-order valence-electron chi connectivity index (χ3n) is 21.1. The molecule has 15 aromatic carbocycles. The quantitative estimate of drug-likeness (QED) is 0.128. The van der Waals surface area contributed by atoms with Crippen molar-refractivity contribution in [3.05, 3.63) is 386 Å². The van der Waals surface area contributed by atoms with Crippen molar-refractivity contribution in [3.8, 4) is 67.0 Å². The normalized spacial score (nSPS) is 13.0. The molecule has 4 nitrogen and oxygen atoms in total. The van der Waals surface area contributed by atoms with E-state index in [9.17, 15) is 0 Å². The molecular weight excluding hydrogens is 1210 g/mol. The lowest BCUT2D eigenvalue weighted by molar-refractivity contribution is 0.660. The summed E-state index contributed by atoms with van der Waals surface area (Å²) in [5.41, 5.74) is 31.8. The van der Waals surface area contributed by atoms with Crippen LogP contribution in [0.25, 0.3) is 111 Å². The van der Waals surface area contributed by atoms with E-state index in [2.05, 4.69) is 411 Å². The van der Waals surface area contributed by atoms with Gasteiger partial charge in [-0.05, 0) is 193 Å². The highest BCUT2D eigenvalue weighted by Crippen LogP contribution is 2.53. The number of benzene rings is 15. The van der Waals surface area contributed by atoms with E-state index < -0.39 is 0 Å². The van der Waals surface area contributed by atoms with Gasteiger partial charge in [-0.2, -0.15) is 0 Å². The van der Waals surface area contributed by atoms with Crippen LogP contribution in [0.1, 0.15) is 49.9 Å². The summed E-state index contributed by atoms with van der Waals surface area (Å²) in [6.45, 7) is 9.42. The maximum atomic E-state index is 2.46. The number of para-hydroxylation sites is 4. The minimum absolute atomic E-state index is 0.0697. The molecule has 0 saturated carbocycles. The van der Waals surface area contributed by atoms with Crippen LogP contribution in [-0.2, 0) is 10.8 Å². The number of hydrogen-bond acceptors (Lipinski definition) is 2. The molecule has 0 saturated heterocycles. The van der Waals surface area contributed by atoms with Crippen molar-refractivity contribution in [1.29, 1.82) is 0 Å². The van der Waals surface area contributed by atoms with E-state index in [-0.39, 0.29) is 10.8 Å². The van der Waals surface area contributed by atoms with Crippen LogP contribution in [0.4, 0.5) is 34.1 Å². The molecule has 0 radical (unpaired) electrons. The van der Waals surface area contributed by atoms with Gasteiger partial charge >= 0.3 is 0 Å². The molecular formula is C96H72N4. The van der Waals surface area contributed by atoms with Gasteiger partial charge < -0.3 is 18.9 Å². The molecule has 100 heavy (non-hydrogen) atoms. The van der Waals surface area contributed by atoms with Crippen molar-refractivity contribution >= 4 is 77.7 Å². The Hall–Kier alpha value is -12.5. The van der Waals surface area contributed by atoms with Crippen LogP contribution in [0.15, 0.2) is 364 Å². The van der Waals surface area contributed by atoms with Crippen LogP contribution < -0.4 is 9.80 Å². The molecule has 0 amide bonds. The number of fused-ring (bicyclic) bond motifs is 12. The maximum absolute atomic E-state index is 2.46. The molecule has 0 spiro atoms. The first kappa shape index (κ1) is 60.0. The SMILES string of the molecule is CC1(C)c2ccccc2-c2ccc(-n3c4ccccc4c4c(N(c5ccccc5)c5cc(-c6ccccc6)cc(-c6ccccc6)c5)cccc43)cc21.CC1(C)c2ccccc2-c2ccc(-n3c4ccccc4c4c(N(c5ccccc5)c5cccc(-c6ccccc6)c5)cccc43)cc21. The van der Waals surface area contributed by atoms with Crippen LogP contribution in [0.2, 0.25) is 0 Å². The summed E-state index contributed by atoms with van der Waals surface area (Å²) in [7, 11) is 0. The Kier molecular flexibility index (Phi) is 14.5. The summed E-state index contributed by atoms with van der Waals surface area (Å²) < 4.78 is 4.92. The summed E-state index contributed by atoms with van der Waals surface area (Å²) >= 11 is 0. The van der Waals surface area contributed by atoms with Crippen LogP contribution >= 0.6 is 0 Å². The molecule has 476 valence electrons. The van der Waals surface area contributed by atoms with Gasteiger partial charge in [0.05, 0.1) is 33.4 Å². The van der Waals surface area contributed by atoms with Crippen molar-refractivity contribution in [3.63, 3.8) is 0 Å². The van der Waals surface area contributed by atoms with Crippen molar-refractivity contribution < 1.29 is 0 Å². The van der Waals surface area contributed by atoms with Gasteiger partial charge in [-0.3, -0.25) is 0 Å². The van der Waals surface area contributed by atoms with Crippen molar-refractivity contribution in [2.75, 3.05) is 9.80 Å². The zero-order valence-electron chi connectivity index (χ0n) is 56.4. The Morgan fingerprint density at radius 3 is 1.01 bits per heavy atom. The highest BCUT2D eigenvalue weighted by Gasteiger charge is 2.37. The molecule has 2 aromatic heterocycles. The molecule has 0 aliphatic heterocycles.